The predicted molar refractivity (Wildman–Crippen MR) is 92.1 cm³/mol. The molecule has 136 valence electrons. The lowest BCUT2D eigenvalue weighted by Crippen LogP contribution is -2.33. The Hall–Kier alpha value is -1.77. The number of aromatic nitrogens is 2. The fourth-order valence-electron chi connectivity index (χ4n) is 3.06. The van der Waals surface area contributed by atoms with Crippen LogP contribution in [0.3, 0.4) is 0 Å². The summed E-state index contributed by atoms with van der Waals surface area (Å²) >= 11 is 0. The van der Waals surface area contributed by atoms with Crippen LogP contribution in [-0.2, 0) is 29.5 Å². The molecule has 25 heavy (non-hydrogen) atoms. The highest BCUT2D eigenvalue weighted by molar-refractivity contribution is 7.90. The van der Waals surface area contributed by atoms with Crippen molar-refractivity contribution in [1.82, 2.24) is 14.7 Å². The van der Waals surface area contributed by atoms with E-state index in [4.69, 9.17) is 0 Å². The SMILES string of the molecule is Cc1ccc(F)cc1CN1CCn2nc([C@@H](O)CS(C)(=O)=O)cc2C1. The van der Waals surface area contributed by atoms with Crippen molar-refractivity contribution in [3.63, 3.8) is 0 Å². The summed E-state index contributed by atoms with van der Waals surface area (Å²) in [5.74, 6) is -0.579. The Morgan fingerprint density at radius 1 is 1.32 bits per heavy atom. The Kier molecular flexibility index (Phi) is 4.95. The molecule has 1 atom stereocenters. The van der Waals surface area contributed by atoms with Gasteiger partial charge in [0.1, 0.15) is 21.8 Å². The van der Waals surface area contributed by atoms with Crippen LogP contribution in [0.1, 0.15) is 28.6 Å². The number of benzene rings is 1. The number of hydrogen-bond donors (Lipinski definition) is 1. The minimum Gasteiger partial charge on any atom is -0.386 e. The molecule has 0 saturated carbocycles. The first-order valence-electron chi connectivity index (χ1n) is 8.11. The van der Waals surface area contributed by atoms with Crippen LogP contribution in [0, 0.1) is 12.7 Å². The summed E-state index contributed by atoms with van der Waals surface area (Å²) in [6, 6.07) is 6.54. The maximum Gasteiger partial charge on any atom is 0.150 e. The number of nitrogens with zero attached hydrogens (tertiary/aromatic N) is 3. The first kappa shape index (κ1) is 18.0. The molecule has 8 heteroatoms. The molecule has 0 spiro atoms. The number of sulfone groups is 1. The lowest BCUT2D eigenvalue weighted by atomic mass is 10.1. The average molecular weight is 367 g/mol. The second-order valence-electron chi connectivity index (χ2n) is 6.67. The van der Waals surface area contributed by atoms with Gasteiger partial charge in [0, 0.05) is 25.9 Å². The standard InChI is InChI=1S/C17H22FN3O3S/c1-12-3-4-14(18)7-13(12)9-20-5-6-21-15(10-20)8-16(19-21)17(22)11-25(2,23)24/h3-4,7-8,17,22H,5-6,9-11H2,1-2H3/t17-/m0/s1. The van der Waals surface area contributed by atoms with Gasteiger partial charge in [-0.05, 0) is 36.2 Å². The summed E-state index contributed by atoms with van der Waals surface area (Å²) in [5, 5.41) is 14.4. The first-order chi connectivity index (χ1) is 11.7. The summed E-state index contributed by atoms with van der Waals surface area (Å²) in [7, 11) is -3.28. The molecule has 0 bridgehead atoms. The molecule has 6 nitrogen and oxygen atoms in total. The smallest absolute Gasteiger partial charge is 0.150 e. The Bertz CT molecular complexity index is 879. The Morgan fingerprint density at radius 2 is 2.08 bits per heavy atom. The molecule has 1 aliphatic rings. The van der Waals surface area contributed by atoms with Crippen LogP contribution in [0.2, 0.25) is 0 Å². The zero-order valence-corrected chi connectivity index (χ0v) is 15.1. The van der Waals surface area contributed by atoms with E-state index in [0.717, 1.165) is 29.6 Å². The van der Waals surface area contributed by atoms with E-state index in [1.807, 2.05) is 6.92 Å². The van der Waals surface area contributed by atoms with Gasteiger partial charge in [0.15, 0.2) is 0 Å². The molecule has 2 heterocycles. The van der Waals surface area contributed by atoms with Crippen molar-refractivity contribution in [3.05, 3.63) is 52.6 Å². The monoisotopic (exact) mass is 367 g/mol. The van der Waals surface area contributed by atoms with E-state index >= 15 is 0 Å². The van der Waals surface area contributed by atoms with Gasteiger partial charge in [-0.15, -0.1) is 0 Å². The fourth-order valence-corrected chi connectivity index (χ4v) is 3.81. The van der Waals surface area contributed by atoms with E-state index in [2.05, 4.69) is 10.00 Å². The van der Waals surface area contributed by atoms with Gasteiger partial charge in [-0.25, -0.2) is 12.8 Å². The molecule has 1 N–H and O–H groups in total. The minimum atomic E-state index is -3.28. The first-order valence-corrected chi connectivity index (χ1v) is 10.2. The third-order valence-electron chi connectivity index (χ3n) is 4.40. The number of aryl methyl sites for hydroxylation is 1. The second kappa shape index (κ2) is 6.86. The molecule has 0 amide bonds. The molecular formula is C17H22FN3O3S. The number of aliphatic hydroxyl groups is 1. The quantitative estimate of drug-likeness (QED) is 0.865. The van der Waals surface area contributed by atoms with E-state index in [0.29, 0.717) is 25.3 Å². The van der Waals surface area contributed by atoms with Gasteiger partial charge in [0.25, 0.3) is 0 Å². The highest BCUT2D eigenvalue weighted by atomic mass is 32.2. The van der Waals surface area contributed by atoms with Gasteiger partial charge in [-0.3, -0.25) is 9.58 Å². The topological polar surface area (TPSA) is 75.4 Å². The van der Waals surface area contributed by atoms with Gasteiger partial charge in [-0.2, -0.15) is 5.10 Å². The zero-order chi connectivity index (χ0) is 18.2. The Balaban J connectivity index is 1.72. The van der Waals surface area contributed by atoms with E-state index in [9.17, 15) is 17.9 Å². The molecule has 0 radical (unpaired) electrons. The highest BCUT2D eigenvalue weighted by Crippen LogP contribution is 2.21. The van der Waals surface area contributed by atoms with Crippen molar-refractivity contribution < 1.29 is 17.9 Å². The summed E-state index contributed by atoms with van der Waals surface area (Å²) in [5.41, 5.74) is 3.29. The van der Waals surface area contributed by atoms with Gasteiger partial charge in [0.2, 0.25) is 0 Å². The van der Waals surface area contributed by atoms with Crippen molar-refractivity contribution in [2.45, 2.75) is 32.7 Å². The molecule has 1 aromatic carbocycles. The largest absolute Gasteiger partial charge is 0.386 e. The van der Waals surface area contributed by atoms with E-state index in [1.54, 1.807) is 22.9 Å². The zero-order valence-electron chi connectivity index (χ0n) is 14.3. The van der Waals surface area contributed by atoms with Crippen LogP contribution < -0.4 is 0 Å². The molecule has 0 fully saturated rings. The summed E-state index contributed by atoms with van der Waals surface area (Å²) < 4.78 is 37.9. The normalized spacial score (nSPS) is 16.6. The van der Waals surface area contributed by atoms with Crippen molar-refractivity contribution in [1.29, 1.82) is 0 Å². The minimum absolute atomic E-state index is 0.242. The van der Waals surface area contributed by atoms with E-state index in [-0.39, 0.29) is 11.6 Å². The number of fused-ring (bicyclic) bond motifs is 1. The van der Waals surface area contributed by atoms with Crippen LogP contribution in [-0.4, -0.2) is 46.8 Å². The molecule has 0 aliphatic carbocycles. The third-order valence-corrected chi connectivity index (χ3v) is 5.32. The fraction of sp³-hybridized carbons (Fsp3) is 0.471. The maximum absolute atomic E-state index is 13.5. The van der Waals surface area contributed by atoms with Crippen LogP contribution in [0.4, 0.5) is 4.39 Å². The summed E-state index contributed by atoms with van der Waals surface area (Å²) in [6.07, 6.45) is -0.0260. The molecular weight excluding hydrogens is 345 g/mol. The lowest BCUT2D eigenvalue weighted by molar-refractivity contribution is 0.191. The van der Waals surface area contributed by atoms with Gasteiger partial charge in [0.05, 0.1) is 23.7 Å². The van der Waals surface area contributed by atoms with E-state index < -0.39 is 15.9 Å². The van der Waals surface area contributed by atoms with Gasteiger partial charge >= 0.3 is 0 Å². The Morgan fingerprint density at radius 3 is 2.80 bits per heavy atom. The number of aliphatic hydroxyl groups excluding tert-OH is 1. The molecule has 0 saturated heterocycles. The summed E-state index contributed by atoms with van der Waals surface area (Å²) in [4.78, 5) is 2.19. The van der Waals surface area contributed by atoms with Crippen LogP contribution in [0.25, 0.3) is 0 Å². The molecule has 0 unspecified atom stereocenters. The Labute approximate surface area is 146 Å². The van der Waals surface area contributed by atoms with Crippen LogP contribution in [0.15, 0.2) is 24.3 Å². The van der Waals surface area contributed by atoms with Gasteiger partial charge in [-0.1, -0.05) is 6.07 Å². The molecule has 3 rings (SSSR count). The molecule has 2 aromatic rings. The van der Waals surface area contributed by atoms with Crippen molar-refractivity contribution >= 4 is 9.84 Å². The van der Waals surface area contributed by atoms with Gasteiger partial charge < -0.3 is 5.11 Å². The average Bonchev–Trinajstić information content (AvgIpc) is 2.93. The second-order valence-corrected chi connectivity index (χ2v) is 8.86. The van der Waals surface area contributed by atoms with Crippen LogP contribution >= 0.6 is 0 Å². The molecule has 1 aliphatic heterocycles. The predicted octanol–water partition coefficient (Wildman–Crippen LogP) is 1.42. The van der Waals surface area contributed by atoms with Crippen molar-refractivity contribution in [2.24, 2.45) is 0 Å². The number of halogens is 1. The number of rotatable bonds is 5. The van der Waals surface area contributed by atoms with Crippen molar-refractivity contribution in [3.8, 4) is 0 Å². The molecule has 1 aromatic heterocycles. The summed E-state index contributed by atoms with van der Waals surface area (Å²) in [6.45, 7) is 4.62. The van der Waals surface area contributed by atoms with Crippen LogP contribution in [0.5, 0.6) is 0 Å². The van der Waals surface area contributed by atoms with Crippen molar-refractivity contribution in [2.75, 3.05) is 18.6 Å². The van der Waals surface area contributed by atoms with E-state index in [1.165, 1.54) is 6.07 Å². The number of hydrogen-bond acceptors (Lipinski definition) is 5. The lowest BCUT2D eigenvalue weighted by Gasteiger charge is -2.28. The highest BCUT2D eigenvalue weighted by Gasteiger charge is 2.23. The third kappa shape index (κ3) is 4.45. The maximum atomic E-state index is 13.5.